The summed E-state index contributed by atoms with van der Waals surface area (Å²) in [5.74, 6) is -0.110. The Labute approximate surface area is 127 Å². The first kappa shape index (κ1) is 15.3. The van der Waals surface area contributed by atoms with Crippen molar-refractivity contribution in [1.82, 2.24) is 4.98 Å². The normalized spacial score (nSPS) is 11.0. The fraction of sp³-hybridized carbons (Fsp3) is 0.250. The largest absolute Gasteiger partial charge is 0.486 e. The summed E-state index contributed by atoms with van der Waals surface area (Å²) in [4.78, 5) is 15.8. The molecule has 0 unspecified atom stereocenters. The van der Waals surface area contributed by atoms with Crippen LogP contribution in [0.15, 0.2) is 24.3 Å². The molecule has 110 valence electrons. The summed E-state index contributed by atoms with van der Waals surface area (Å²) in [6.07, 6.45) is 2.69. The van der Waals surface area contributed by atoms with E-state index in [1.807, 2.05) is 39.0 Å². The van der Waals surface area contributed by atoms with Crippen LogP contribution >= 0.6 is 11.3 Å². The molecule has 1 N–H and O–H groups in total. The fourth-order valence-corrected chi connectivity index (χ4v) is 2.73. The van der Waals surface area contributed by atoms with Gasteiger partial charge in [-0.05, 0) is 44.0 Å². The van der Waals surface area contributed by atoms with Gasteiger partial charge in [-0.1, -0.05) is 12.1 Å². The average molecular weight is 303 g/mol. The lowest BCUT2D eigenvalue weighted by Crippen LogP contribution is -1.97. The van der Waals surface area contributed by atoms with E-state index >= 15 is 0 Å². The summed E-state index contributed by atoms with van der Waals surface area (Å²) >= 11 is 1.44. The van der Waals surface area contributed by atoms with Gasteiger partial charge in [0, 0.05) is 6.08 Å². The molecule has 0 saturated carbocycles. The van der Waals surface area contributed by atoms with Gasteiger partial charge in [0.25, 0.3) is 0 Å². The van der Waals surface area contributed by atoms with Gasteiger partial charge in [0.2, 0.25) is 0 Å². The van der Waals surface area contributed by atoms with Crippen molar-refractivity contribution >= 4 is 23.4 Å². The molecule has 1 aromatic heterocycles. The highest BCUT2D eigenvalue weighted by Gasteiger charge is 2.08. The third kappa shape index (κ3) is 3.92. The molecule has 1 heterocycles. The number of aryl methyl sites for hydroxylation is 2. The van der Waals surface area contributed by atoms with Crippen LogP contribution in [0.3, 0.4) is 0 Å². The second kappa shape index (κ2) is 6.54. The van der Waals surface area contributed by atoms with Crippen molar-refractivity contribution in [3.63, 3.8) is 0 Å². The monoisotopic (exact) mass is 303 g/mol. The van der Waals surface area contributed by atoms with E-state index < -0.39 is 5.97 Å². The molecule has 5 heteroatoms. The number of carbonyl (C=O) groups is 1. The maximum atomic E-state index is 10.5. The quantitative estimate of drug-likeness (QED) is 0.855. The summed E-state index contributed by atoms with van der Waals surface area (Å²) in [6.45, 7) is 6.32. The summed E-state index contributed by atoms with van der Waals surface area (Å²) < 4.78 is 5.81. The van der Waals surface area contributed by atoms with Crippen molar-refractivity contribution in [2.75, 3.05) is 0 Å². The van der Waals surface area contributed by atoms with Crippen LogP contribution in [0, 0.1) is 20.8 Å². The lowest BCUT2D eigenvalue weighted by Gasteiger charge is -2.09. The third-order valence-electron chi connectivity index (χ3n) is 3.16. The van der Waals surface area contributed by atoms with Gasteiger partial charge in [-0.3, -0.25) is 0 Å². The van der Waals surface area contributed by atoms with Crippen LogP contribution in [-0.4, -0.2) is 16.1 Å². The number of thiazole rings is 1. The molecule has 0 aliphatic carbocycles. The minimum absolute atomic E-state index is 0.386. The number of nitrogens with zero attached hydrogens (tertiary/aromatic N) is 1. The smallest absolute Gasteiger partial charge is 0.328 e. The van der Waals surface area contributed by atoms with Crippen molar-refractivity contribution in [3.05, 3.63) is 51.0 Å². The lowest BCUT2D eigenvalue weighted by atomic mass is 10.1. The van der Waals surface area contributed by atoms with Gasteiger partial charge in [0.05, 0.1) is 10.6 Å². The van der Waals surface area contributed by atoms with Crippen LogP contribution in [-0.2, 0) is 11.4 Å². The third-order valence-corrected chi connectivity index (χ3v) is 4.26. The number of carboxylic acids is 1. The van der Waals surface area contributed by atoms with Crippen LogP contribution in [0.4, 0.5) is 0 Å². The van der Waals surface area contributed by atoms with Gasteiger partial charge in [-0.25, -0.2) is 9.78 Å². The van der Waals surface area contributed by atoms with Crippen LogP contribution < -0.4 is 4.74 Å². The molecule has 0 atom stereocenters. The molecule has 0 radical (unpaired) electrons. The zero-order valence-corrected chi connectivity index (χ0v) is 13.0. The number of benzene rings is 1. The first-order valence-electron chi connectivity index (χ1n) is 6.53. The maximum absolute atomic E-state index is 10.5. The molecule has 1 aromatic carbocycles. The summed E-state index contributed by atoms with van der Waals surface area (Å²) in [5.41, 5.74) is 3.13. The van der Waals surface area contributed by atoms with E-state index in [9.17, 15) is 4.79 Å². The lowest BCUT2D eigenvalue weighted by molar-refractivity contribution is -0.131. The Bertz CT molecular complexity index is 689. The van der Waals surface area contributed by atoms with Crippen molar-refractivity contribution < 1.29 is 14.6 Å². The Morgan fingerprint density at radius 1 is 1.38 bits per heavy atom. The van der Waals surface area contributed by atoms with E-state index in [1.54, 1.807) is 6.08 Å². The van der Waals surface area contributed by atoms with Gasteiger partial charge in [0.15, 0.2) is 0 Å². The van der Waals surface area contributed by atoms with Crippen LogP contribution in [0.1, 0.15) is 26.7 Å². The Morgan fingerprint density at radius 2 is 2.14 bits per heavy atom. The molecule has 0 aliphatic rings. The first-order valence-corrected chi connectivity index (χ1v) is 7.35. The first-order chi connectivity index (χ1) is 9.97. The molecule has 0 saturated heterocycles. The second-order valence-corrected chi connectivity index (χ2v) is 5.83. The summed E-state index contributed by atoms with van der Waals surface area (Å²) in [5, 5.41) is 9.49. The number of hydrogen-bond acceptors (Lipinski definition) is 4. The van der Waals surface area contributed by atoms with E-state index in [0.717, 1.165) is 33.0 Å². The van der Waals surface area contributed by atoms with Gasteiger partial charge in [-0.2, -0.15) is 0 Å². The second-order valence-electron chi connectivity index (χ2n) is 4.72. The number of aromatic nitrogens is 1. The molecule has 0 aliphatic heterocycles. The van der Waals surface area contributed by atoms with Crippen LogP contribution in [0.5, 0.6) is 5.75 Å². The predicted molar refractivity (Wildman–Crippen MR) is 83.8 cm³/mol. The number of hydrogen-bond donors (Lipinski definition) is 1. The Hall–Kier alpha value is -2.14. The van der Waals surface area contributed by atoms with Gasteiger partial charge < -0.3 is 9.84 Å². The van der Waals surface area contributed by atoms with Crippen molar-refractivity contribution in [1.29, 1.82) is 0 Å². The minimum atomic E-state index is -0.962. The van der Waals surface area contributed by atoms with Crippen molar-refractivity contribution in [2.45, 2.75) is 27.4 Å². The van der Waals surface area contributed by atoms with Crippen molar-refractivity contribution in [3.8, 4) is 5.75 Å². The summed E-state index contributed by atoms with van der Waals surface area (Å²) in [6, 6.07) is 5.95. The molecule has 0 bridgehead atoms. The van der Waals surface area contributed by atoms with E-state index in [4.69, 9.17) is 9.84 Å². The molecule has 0 spiro atoms. The highest BCUT2D eigenvalue weighted by atomic mass is 32.1. The molecule has 21 heavy (non-hydrogen) atoms. The van der Waals surface area contributed by atoms with Gasteiger partial charge in [0.1, 0.15) is 17.4 Å². The molecule has 4 nitrogen and oxygen atoms in total. The van der Waals surface area contributed by atoms with Crippen LogP contribution in [0.25, 0.3) is 6.08 Å². The van der Waals surface area contributed by atoms with Gasteiger partial charge in [-0.15, -0.1) is 11.3 Å². The summed E-state index contributed by atoms with van der Waals surface area (Å²) in [7, 11) is 0. The number of ether oxygens (including phenoxy) is 1. The van der Waals surface area contributed by atoms with E-state index in [-0.39, 0.29) is 0 Å². The number of carboxylic acid groups (broad SMARTS) is 1. The molecular formula is C16H17NO3S. The van der Waals surface area contributed by atoms with Crippen LogP contribution in [0.2, 0.25) is 0 Å². The molecular weight excluding hydrogens is 286 g/mol. The SMILES string of the molecule is Cc1cccc(OCc2nc(C)c(/C=C/C(=O)O)s2)c1C. The van der Waals surface area contributed by atoms with Crippen molar-refractivity contribution in [2.24, 2.45) is 0 Å². The number of aliphatic carboxylic acids is 1. The molecule has 2 aromatic rings. The minimum Gasteiger partial charge on any atom is -0.486 e. The standard InChI is InChI=1S/C16H17NO3S/c1-10-5-4-6-13(11(10)2)20-9-15-17-12(3)14(21-15)7-8-16(18)19/h4-8H,9H2,1-3H3,(H,18,19)/b8-7+. The Kier molecular flexibility index (Phi) is 4.75. The molecule has 0 amide bonds. The topological polar surface area (TPSA) is 59.4 Å². The highest BCUT2D eigenvalue weighted by Crippen LogP contribution is 2.24. The maximum Gasteiger partial charge on any atom is 0.328 e. The fourth-order valence-electron chi connectivity index (χ4n) is 1.85. The number of rotatable bonds is 5. The average Bonchev–Trinajstić information content (AvgIpc) is 2.78. The zero-order chi connectivity index (χ0) is 15.4. The molecule has 2 rings (SSSR count). The van der Waals surface area contributed by atoms with Gasteiger partial charge >= 0.3 is 5.97 Å². The molecule has 0 fully saturated rings. The van der Waals surface area contributed by atoms with E-state index in [2.05, 4.69) is 4.98 Å². The van der Waals surface area contributed by atoms with E-state index in [0.29, 0.717) is 6.61 Å². The predicted octanol–water partition coefficient (Wildman–Crippen LogP) is 3.75. The highest BCUT2D eigenvalue weighted by molar-refractivity contribution is 7.12. The van der Waals surface area contributed by atoms with E-state index in [1.165, 1.54) is 16.9 Å². The Balaban J connectivity index is 2.09. The Morgan fingerprint density at radius 3 is 2.86 bits per heavy atom. The zero-order valence-electron chi connectivity index (χ0n) is 12.2.